The second-order valence-corrected chi connectivity index (χ2v) is 10.2. The first-order chi connectivity index (χ1) is 14.3. The van der Waals surface area contributed by atoms with E-state index in [-0.39, 0.29) is 28.8 Å². The zero-order valence-electron chi connectivity index (χ0n) is 17.1. The van der Waals surface area contributed by atoms with Gasteiger partial charge in [0.2, 0.25) is 10.0 Å². The zero-order valence-corrected chi connectivity index (χ0v) is 18.7. The highest BCUT2D eigenvalue weighted by atomic mass is 35.5. The minimum atomic E-state index is -3.62. The molecular formula is C22H29ClFN3O2S. The molecule has 1 saturated heterocycles. The van der Waals surface area contributed by atoms with Gasteiger partial charge in [-0.2, -0.15) is 0 Å². The van der Waals surface area contributed by atoms with Crippen molar-refractivity contribution in [2.45, 2.75) is 55.6 Å². The fourth-order valence-corrected chi connectivity index (χ4v) is 5.56. The van der Waals surface area contributed by atoms with Gasteiger partial charge in [-0.1, -0.05) is 35.9 Å². The number of nitrogens with zero attached hydrogens (tertiary/aromatic N) is 1. The van der Waals surface area contributed by atoms with Crippen LogP contribution in [0.25, 0.3) is 0 Å². The molecule has 30 heavy (non-hydrogen) atoms. The van der Waals surface area contributed by atoms with Crippen molar-refractivity contribution in [3.8, 4) is 0 Å². The van der Waals surface area contributed by atoms with Crippen LogP contribution >= 0.6 is 11.6 Å². The maximum absolute atomic E-state index is 13.9. The average Bonchev–Trinajstić information content (AvgIpc) is 3.17. The maximum atomic E-state index is 13.9. The molecule has 0 aliphatic carbocycles. The zero-order chi connectivity index (χ0) is 21.7. The smallest absolute Gasteiger partial charge is 0.240 e. The topological polar surface area (TPSA) is 75.4 Å². The average molecular weight is 454 g/mol. The van der Waals surface area contributed by atoms with Gasteiger partial charge in [0.25, 0.3) is 0 Å². The number of nitrogens with one attached hydrogen (secondary N) is 1. The van der Waals surface area contributed by atoms with Crippen LogP contribution in [0.5, 0.6) is 0 Å². The van der Waals surface area contributed by atoms with Crippen molar-refractivity contribution in [2.75, 3.05) is 13.1 Å². The lowest BCUT2D eigenvalue weighted by Crippen LogP contribution is -2.46. The van der Waals surface area contributed by atoms with Crippen LogP contribution in [0.1, 0.15) is 31.7 Å². The van der Waals surface area contributed by atoms with E-state index < -0.39 is 10.0 Å². The summed E-state index contributed by atoms with van der Waals surface area (Å²) in [5.74, 6) is -0.227. The summed E-state index contributed by atoms with van der Waals surface area (Å²) in [6.45, 7) is 3.34. The van der Waals surface area contributed by atoms with E-state index in [0.29, 0.717) is 30.0 Å². The lowest BCUT2D eigenvalue weighted by molar-refractivity contribution is 0.176. The number of sulfonamides is 1. The van der Waals surface area contributed by atoms with E-state index in [9.17, 15) is 12.8 Å². The van der Waals surface area contributed by atoms with E-state index in [1.807, 2.05) is 6.07 Å². The van der Waals surface area contributed by atoms with Gasteiger partial charge in [-0.25, -0.2) is 17.5 Å². The Balaban J connectivity index is 1.56. The number of likely N-dealkylation sites (tertiary alicyclic amines) is 1. The molecule has 1 aliphatic heterocycles. The summed E-state index contributed by atoms with van der Waals surface area (Å²) in [6.07, 6.45) is 3.13. The Labute approximate surface area is 183 Å². The van der Waals surface area contributed by atoms with Crippen molar-refractivity contribution in [2.24, 2.45) is 5.73 Å². The quantitative estimate of drug-likeness (QED) is 0.608. The van der Waals surface area contributed by atoms with Crippen LogP contribution in [0, 0.1) is 5.82 Å². The predicted octanol–water partition coefficient (Wildman–Crippen LogP) is 3.57. The van der Waals surface area contributed by atoms with Gasteiger partial charge >= 0.3 is 0 Å². The van der Waals surface area contributed by atoms with Crippen LogP contribution in [-0.4, -0.2) is 44.5 Å². The summed E-state index contributed by atoms with van der Waals surface area (Å²) in [5.41, 5.74) is 6.93. The Hall–Kier alpha value is -1.51. The number of halogens is 2. The summed E-state index contributed by atoms with van der Waals surface area (Å²) in [7, 11) is -3.62. The van der Waals surface area contributed by atoms with Crippen LogP contribution in [0.3, 0.4) is 0 Å². The third kappa shape index (κ3) is 6.02. The van der Waals surface area contributed by atoms with E-state index >= 15 is 0 Å². The first-order valence-corrected chi connectivity index (χ1v) is 12.1. The minimum absolute atomic E-state index is 0.106. The molecule has 1 fully saturated rings. The van der Waals surface area contributed by atoms with Crippen molar-refractivity contribution in [1.29, 1.82) is 0 Å². The number of hydrogen-bond donors (Lipinski definition) is 2. The molecule has 1 heterocycles. The molecule has 3 N–H and O–H groups in total. The van der Waals surface area contributed by atoms with Gasteiger partial charge < -0.3 is 5.73 Å². The Morgan fingerprint density at radius 3 is 2.77 bits per heavy atom. The van der Waals surface area contributed by atoms with E-state index in [0.717, 1.165) is 19.4 Å². The summed E-state index contributed by atoms with van der Waals surface area (Å²) in [4.78, 5) is 2.47. The highest BCUT2D eigenvalue weighted by Gasteiger charge is 2.30. The lowest BCUT2D eigenvalue weighted by atomic mass is 9.99. The molecule has 2 aromatic carbocycles. The van der Waals surface area contributed by atoms with E-state index in [4.69, 9.17) is 17.3 Å². The summed E-state index contributed by atoms with van der Waals surface area (Å²) in [5, 5.41) is 0.387. The molecule has 8 heteroatoms. The number of nitrogens with two attached hydrogens (primary N) is 1. The van der Waals surface area contributed by atoms with Crippen molar-refractivity contribution in [3.05, 3.63) is 64.9 Å². The van der Waals surface area contributed by atoms with Crippen molar-refractivity contribution in [1.82, 2.24) is 9.62 Å². The van der Waals surface area contributed by atoms with Gasteiger partial charge in [0.15, 0.2) is 0 Å². The van der Waals surface area contributed by atoms with E-state index in [2.05, 4.69) is 16.5 Å². The highest BCUT2D eigenvalue weighted by Crippen LogP contribution is 2.23. The standard InChI is InChI=1S/C22H29ClFN3O2S/c1-16(12-19(25)13-17-6-2-3-10-22(17)24)27-11-5-8-20(27)15-26-30(28,29)21-9-4-7-18(23)14-21/h2-4,6-7,9-10,14,16,19-20,26H,5,8,11-13,15,25H2,1H3/t16?,19-,20-/m0/s1. The Bertz CT molecular complexity index is 957. The van der Waals surface area contributed by atoms with E-state index in [1.165, 1.54) is 18.2 Å². The fraction of sp³-hybridized carbons (Fsp3) is 0.455. The van der Waals surface area contributed by atoms with Crippen LogP contribution in [0.4, 0.5) is 4.39 Å². The third-order valence-electron chi connectivity index (χ3n) is 5.69. The number of hydrogen-bond acceptors (Lipinski definition) is 4. The fourth-order valence-electron chi connectivity index (χ4n) is 4.18. The first kappa shape index (κ1) is 23.2. The molecule has 164 valence electrons. The van der Waals surface area contributed by atoms with Gasteiger partial charge in [-0.3, -0.25) is 4.90 Å². The van der Waals surface area contributed by atoms with Crippen LogP contribution in [-0.2, 0) is 16.4 Å². The van der Waals surface area contributed by atoms with Gasteiger partial charge in [0.05, 0.1) is 4.90 Å². The van der Waals surface area contributed by atoms with Crippen LogP contribution in [0.15, 0.2) is 53.4 Å². The normalized spacial score (nSPS) is 19.7. The summed E-state index contributed by atoms with van der Waals surface area (Å²) in [6, 6.07) is 13.1. The SMILES string of the molecule is CC(C[C@H](N)Cc1ccccc1F)N1CCC[C@H]1CNS(=O)(=O)c1cccc(Cl)c1. The molecule has 1 aliphatic rings. The van der Waals surface area contributed by atoms with Crippen molar-refractivity contribution in [3.63, 3.8) is 0 Å². The van der Waals surface area contributed by atoms with Crippen LogP contribution < -0.4 is 10.5 Å². The molecule has 3 rings (SSSR count). The monoisotopic (exact) mass is 453 g/mol. The summed E-state index contributed by atoms with van der Waals surface area (Å²) < 4.78 is 41.8. The predicted molar refractivity (Wildman–Crippen MR) is 119 cm³/mol. The molecular weight excluding hydrogens is 425 g/mol. The maximum Gasteiger partial charge on any atom is 0.240 e. The molecule has 2 aromatic rings. The Kier molecular flexibility index (Phi) is 7.87. The molecule has 0 saturated carbocycles. The largest absolute Gasteiger partial charge is 0.327 e. The molecule has 1 unspecified atom stereocenters. The molecule has 0 spiro atoms. The van der Waals surface area contributed by atoms with Gasteiger partial charge in [-0.05, 0) is 69.0 Å². The summed E-state index contributed by atoms with van der Waals surface area (Å²) >= 11 is 5.92. The molecule has 0 aromatic heterocycles. The number of rotatable bonds is 9. The minimum Gasteiger partial charge on any atom is -0.327 e. The molecule has 0 bridgehead atoms. The number of benzene rings is 2. The molecule has 0 amide bonds. The first-order valence-electron chi connectivity index (χ1n) is 10.3. The molecule has 3 atom stereocenters. The Morgan fingerprint density at radius 2 is 2.03 bits per heavy atom. The van der Waals surface area contributed by atoms with Gasteiger partial charge in [0, 0.05) is 29.7 Å². The van der Waals surface area contributed by atoms with Gasteiger partial charge in [0.1, 0.15) is 5.82 Å². The van der Waals surface area contributed by atoms with Crippen molar-refractivity contribution < 1.29 is 12.8 Å². The van der Waals surface area contributed by atoms with Crippen LogP contribution in [0.2, 0.25) is 5.02 Å². The molecule has 0 radical (unpaired) electrons. The third-order valence-corrected chi connectivity index (χ3v) is 7.34. The second-order valence-electron chi connectivity index (χ2n) is 7.98. The van der Waals surface area contributed by atoms with E-state index in [1.54, 1.807) is 24.3 Å². The highest BCUT2D eigenvalue weighted by molar-refractivity contribution is 7.89. The lowest BCUT2D eigenvalue weighted by Gasteiger charge is -2.32. The molecule has 5 nitrogen and oxygen atoms in total. The Morgan fingerprint density at radius 1 is 1.27 bits per heavy atom. The second kappa shape index (κ2) is 10.2. The van der Waals surface area contributed by atoms with Gasteiger partial charge in [-0.15, -0.1) is 0 Å². The van der Waals surface area contributed by atoms with Crippen molar-refractivity contribution >= 4 is 21.6 Å².